The van der Waals surface area contributed by atoms with Crippen molar-refractivity contribution in [3.05, 3.63) is 76.9 Å². The lowest BCUT2D eigenvalue weighted by Gasteiger charge is -2.19. The van der Waals surface area contributed by atoms with Gasteiger partial charge in [0.15, 0.2) is 0 Å². The van der Waals surface area contributed by atoms with Crippen molar-refractivity contribution in [2.24, 2.45) is 0 Å². The van der Waals surface area contributed by atoms with Gasteiger partial charge >= 0.3 is 0 Å². The molecular weight excluding hydrogens is 382 g/mol. The van der Waals surface area contributed by atoms with E-state index in [4.69, 9.17) is 0 Å². The average Bonchev–Trinajstić information content (AvgIpc) is 3.28. The molecule has 1 heterocycles. The second kappa shape index (κ2) is 9.24. The van der Waals surface area contributed by atoms with Crippen LogP contribution in [0.1, 0.15) is 53.4 Å². The standard InChI is InChI=1S/C27H29N3O/c1-4-7-20-11-13-23(25-9-6-5-8-24(20)25)19(3)29-27(31)26-16-21(12-10-18(26)2)30-22-14-15-28-17-22/h5-6,8-13,16,19,22,28,30H,14-15,17H2,1-3H3,(H,29,31)/t19?,22-/m0/s1. The Balaban J connectivity index is 1.57. The zero-order valence-corrected chi connectivity index (χ0v) is 18.4. The Morgan fingerprint density at radius 1 is 1.13 bits per heavy atom. The van der Waals surface area contributed by atoms with E-state index >= 15 is 0 Å². The van der Waals surface area contributed by atoms with Gasteiger partial charge in [-0.05, 0) is 73.8 Å². The van der Waals surface area contributed by atoms with Crippen molar-refractivity contribution < 1.29 is 4.79 Å². The molecule has 3 N–H and O–H groups in total. The Kier molecular flexibility index (Phi) is 6.25. The summed E-state index contributed by atoms with van der Waals surface area (Å²) in [5.74, 6) is 6.11. The molecule has 1 aliphatic rings. The topological polar surface area (TPSA) is 53.2 Å². The van der Waals surface area contributed by atoms with Crippen LogP contribution in [0.2, 0.25) is 0 Å². The molecule has 0 spiro atoms. The highest BCUT2D eigenvalue weighted by Gasteiger charge is 2.18. The molecule has 3 aromatic rings. The minimum Gasteiger partial charge on any atom is -0.381 e. The van der Waals surface area contributed by atoms with Crippen molar-refractivity contribution in [3.8, 4) is 11.8 Å². The first-order chi connectivity index (χ1) is 15.1. The fourth-order valence-electron chi connectivity index (χ4n) is 4.27. The molecule has 1 amide bonds. The minimum atomic E-state index is -0.129. The zero-order valence-electron chi connectivity index (χ0n) is 18.4. The van der Waals surface area contributed by atoms with Gasteiger partial charge in [-0.15, -0.1) is 5.92 Å². The van der Waals surface area contributed by atoms with Crippen LogP contribution in [0.5, 0.6) is 0 Å². The van der Waals surface area contributed by atoms with E-state index in [1.165, 1.54) is 0 Å². The van der Waals surface area contributed by atoms with Crippen molar-refractivity contribution in [2.45, 2.75) is 39.3 Å². The number of anilines is 1. The van der Waals surface area contributed by atoms with E-state index in [2.05, 4.69) is 52.1 Å². The maximum Gasteiger partial charge on any atom is 0.252 e. The van der Waals surface area contributed by atoms with Crippen molar-refractivity contribution in [3.63, 3.8) is 0 Å². The first kappa shape index (κ1) is 21.0. The number of amides is 1. The van der Waals surface area contributed by atoms with E-state index in [0.29, 0.717) is 11.6 Å². The predicted octanol–water partition coefficient (Wildman–Crippen LogP) is 4.78. The van der Waals surface area contributed by atoms with E-state index in [-0.39, 0.29) is 11.9 Å². The Morgan fingerprint density at radius 2 is 1.94 bits per heavy atom. The van der Waals surface area contributed by atoms with Gasteiger partial charge in [-0.25, -0.2) is 0 Å². The number of rotatable bonds is 5. The SMILES string of the molecule is CC#Cc1ccc(C(C)NC(=O)c2cc(N[C@H]3CCNC3)ccc2C)c2ccccc12. The number of hydrogen-bond acceptors (Lipinski definition) is 3. The van der Waals surface area contributed by atoms with Crippen LogP contribution < -0.4 is 16.0 Å². The molecule has 4 rings (SSSR count). The minimum absolute atomic E-state index is 0.0558. The highest BCUT2D eigenvalue weighted by molar-refractivity contribution is 5.97. The van der Waals surface area contributed by atoms with E-state index < -0.39 is 0 Å². The van der Waals surface area contributed by atoms with E-state index in [1.54, 1.807) is 0 Å². The molecule has 3 aromatic carbocycles. The Morgan fingerprint density at radius 3 is 2.68 bits per heavy atom. The third-order valence-corrected chi connectivity index (χ3v) is 5.94. The lowest BCUT2D eigenvalue weighted by molar-refractivity contribution is 0.0939. The third kappa shape index (κ3) is 4.57. The summed E-state index contributed by atoms with van der Waals surface area (Å²) in [6, 6.07) is 18.7. The van der Waals surface area contributed by atoms with Crippen LogP contribution in [0.3, 0.4) is 0 Å². The smallest absolute Gasteiger partial charge is 0.252 e. The van der Waals surface area contributed by atoms with Crippen molar-refractivity contribution >= 4 is 22.4 Å². The van der Waals surface area contributed by atoms with Crippen LogP contribution in [-0.4, -0.2) is 25.0 Å². The molecule has 158 valence electrons. The molecule has 0 saturated carbocycles. The van der Waals surface area contributed by atoms with Crippen LogP contribution in [0.15, 0.2) is 54.6 Å². The number of benzene rings is 3. The van der Waals surface area contributed by atoms with Gasteiger partial charge < -0.3 is 16.0 Å². The maximum atomic E-state index is 13.2. The summed E-state index contributed by atoms with van der Waals surface area (Å²) in [4.78, 5) is 13.2. The number of fused-ring (bicyclic) bond motifs is 1. The Labute approximate surface area is 184 Å². The molecule has 31 heavy (non-hydrogen) atoms. The monoisotopic (exact) mass is 411 g/mol. The van der Waals surface area contributed by atoms with Gasteiger partial charge in [-0.2, -0.15) is 0 Å². The molecule has 4 heteroatoms. The van der Waals surface area contributed by atoms with Gasteiger partial charge in [0.25, 0.3) is 5.91 Å². The summed E-state index contributed by atoms with van der Waals surface area (Å²) < 4.78 is 0. The fraction of sp³-hybridized carbons (Fsp3) is 0.296. The van der Waals surface area contributed by atoms with Crippen LogP contribution in [0.25, 0.3) is 10.8 Å². The Hall–Kier alpha value is -3.29. The largest absolute Gasteiger partial charge is 0.381 e. The average molecular weight is 412 g/mol. The van der Waals surface area contributed by atoms with Crippen molar-refractivity contribution in [2.75, 3.05) is 18.4 Å². The molecule has 2 atom stereocenters. The quantitative estimate of drug-likeness (QED) is 0.530. The van der Waals surface area contributed by atoms with E-state index in [9.17, 15) is 4.79 Å². The van der Waals surface area contributed by atoms with Crippen LogP contribution in [0.4, 0.5) is 5.69 Å². The molecule has 4 nitrogen and oxygen atoms in total. The lowest BCUT2D eigenvalue weighted by atomic mass is 9.95. The van der Waals surface area contributed by atoms with Gasteiger partial charge in [-0.1, -0.05) is 42.3 Å². The molecule has 0 aliphatic carbocycles. The highest BCUT2D eigenvalue weighted by Crippen LogP contribution is 2.27. The summed E-state index contributed by atoms with van der Waals surface area (Å²) in [6.45, 7) is 7.85. The number of aryl methyl sites for hydroxylation is 1. The van der Waals surface area contributed by atoms with Gasteiger partial charge in [0.1, 0.15) is 0 Å². The number of carbonyl (C=O) groups excluding carboxylic acids is 1. The van der Waals surface area contributed by atoms with Gasteiger partial charge in [0.2, 0.25) is 0 Å². The van der Waals surface area contributed by atoms with E-state index in [0.717, 1.165) is 52.7 Å². The first-order valence-corrected chi connectivity index (χ1v) is 10.9. The van der Waals surface area contributed by atoms with E-state index in [1.807, 2.05) is 51.1 Å². The molecule has 1 fully saturated rings. The summed E-state index contributed by atoms with van der Waals surface area (Å²) in [5, 5.41) is 12.3. The molecule has 1 aliphatic heterocycles. The number of carbonyl (C=O) groups is 1. The molecule has 0 bridgehead atoms. The number of nitrogens with one attached hydrogen (secondary N) is 3. The molecule has 1 unspecified atom stereocenters. The van der Waals surface area contributed by atoms with Crippen LogP contribution in [0, 0.1) is 18.8 Å². The first-order valence-electron chi connectivity index (χ1n) is 10.9. The third-order valence-electron chi connectivity index (χ3n) is 5.94. The van der Waals surface area contributed by atoms with Crippen molar-refractivity contribution in [1.29, 1.82) is 0 Å². The summed E-state index contributed by atoms with van der Waals surface area (Å²) in [6.07, 6.45) is 1.10. The molecule has 1 saturated heterocycles. The second-order valence-corrected chi connectivity index (χ2v) is 8.18. The normalized spacial score (nSPS) is 16.4. The summed E-state index contributed by atoms with van der Waals surface area (Å²) in [5.41, 5.74) is 4.77. The van der Waals surface area contributed by atoms with Gasteiger partial charge in [0.05, 0.1) is 6.04 Å². The van der Waals surface area contributed by atoms with Gasteiger partial charge in [-0.3, -0.25) is 4.79 Å². The fourth-order valence-corrected chi connectivity index (χ4v) is 4.27. The second-order valence-electron chi connectivity index (χ2n) is 8.18. The zero-order chi connectivity index (χ0) is 21.8. The molecule has 0 aromatic heterocycles. The maximum absolute atomic E-state index is 13.2. The summed E-state index contributed by atoms with van der Waals surface area (Å²) >= 11 is 0. The Bertz CT molecular complexity index is 1170. The predicted molar refractivity (Wildman–Crippen MR) is 128 cm³/mol. The molecule has 0 radical (unpaired) electrons. The highest BCUT2D eigenvalue weighted by atomic mass is 16.1. The number of hydrogen-bond donors (Lipinski definition) is 3. The van der Waals surface area contributed by atoms with Crippen LogP contribution >= 0.6 is 0 Å². The van der Waals surface area contributed by atoms with Crippen molar-refractivity contribution in [1.82, 2.24) is 10.6 Å². The van der Waals surface area contributed by atoms with Crippen LogP contribution in [-0.2, 0) is 0 Å². The molecular formula is C27H29N3O. The van der Waals surface area contributed by atoms with Gasteiger partial charge in [0, 0.05) is 29.4 Å². The summed E-state index contributed by atoms with van der Waals surface area (Å²) in [7, 11) is 0. The lowest BCUT2D eigenvalue weighted by Crippen LogP contribution is -2.28.